The van der Waals surface area contributed by atoms with E-state index in [-0.39, 0.29) is 12.1 Å². The van der Waals surface area contributed by atoms with Crippen LogP contribution in [-0.4, -0.2) is 22.4 Å². The average Bonchev–Trinajstić information content (AvgIpc) is 2.91. The first-order chi connectivity index (χ1) is 9.88. The van der Waals surface area contributed by atoms with Crippen LogP contribution in [0.4, 0.5) is 13.2 Å². The normalized spacial score (nSPS) is 11.4. The first-order valence-corrected chi connectivity index (χ1v) is 6.80. The molecule has 0 aliphatic carbocycles. The molecule has 0 atom stereocenters. The van der Waals surface area contributed by atoms with Gasteiger partial charge in [-0.25, -0.2) is 4.98 Å². The van der Waals surface area contributed by atoms with Crippen LogP contribution in [-0.2, 0) is 12.6 Å². The van der Waals surface area contributed by atoms with Crippen LogP contribution in [0.25, 0.3) is 0 Å². The fourth-order valence-electron chi connectivity index (χ4n) is 1.70. The van der Waals surface area contributed by atoms with Crippen molar-refractivity contribution >= 4 is 21.8 Å². The molecule has 1 heterocycles. The number of hydrogen-bond donors (Lipinski definition) is 2. The monoisotopic (exact) mass is 361 g/mol. The minimum absolute atomic E-state index is 0.0516. The van der Waals surface area contributed by atoms with Gasteiger partial charge in [0.1, 0.15) is 5.82 Å². The SMILES string of the molecule is O=C(NCCc1ncc[nH]1)c1cc(C(F)(F)F)ccc1Br. The molecule has 1 amide bonds. The Hall–Kier alpha value is -1.83. The molecule has 0 aliphatic heterocycles. The fourth-order valence-corrected chi connectivity index (χ4v) is 2.13. The maximum absolute atomic E-state index is 12.6. The van der Waals surface area contributed by atoms with E-state index in [9.17, 15) is 18.0 Å². The maximum Gasteiger partial charge on any atom is 0.416 e. The maximum atomic E-state index is 12.6. The highest BCUT2D eigenvalue weighted by molar-refractivity contribution is 9.10. The van der Waals surface area contributed by atoms with Crippen molar-refractivity contribution in [3.05, 3.63) is 52.0 Å². The Kier molecular flexibility index (Phi) is 4.66. The van der Waals surface area contributed by atoms with E-state index in [4.69, 9.17) is 0 Å². The summed E-state index contributed by atoms with van der Waals surface area (Å²) in [5.74, 6) is 0.123. The van der Waals surface area contributed by atoms with Crippen LogP contribution in [0.5, 0.6) is 0 Å². The second kappa shape index (κ2) is 6.30. The number of alkyl halides is 3. The van der Waals surface area contributed by atoms with Crippen molar-refractivity contribution in [3.8, 4) is 0 Å². The second-order valence-electron chi connectivity index (χ2n) is 4.23. The summed E-state index contributed by atoms with van der Waals surface area (Å²) in [4.78, 5) is 18.8. The van der Waals surface area contributed by atoms with Crippen LogP contribution >= 0.6 is 15.9 Å². The number of amides is 1. The Morgan fingerprint density at radius 3 is 2.76 bits per heavy atom. The van der Waals surface area contributed by atoms with Crippen LogP contribution in [0.2, 0.25) is 0 Å². The van der Waals surface area contributed by atoms with Crippen LogP contribution in [0, 0.1) is 0 Å². The van der Waals surface area contributed by atoms with Crippen molar-refractivity contribution in [2.75, 3.05) is 6.54 Å². The van der Waals surface area contributed by atoms with E-state index in [1.165, 1.54) is 6.07 Å². The molecule has 112 valence electrons. The molecule has 0 unspecified atom stereocenters. The average molecular weight is 362 g/mol. The smallest absolute Gasteiger partial charge is 0.352 e. The van der Waals surface area contributed by atoms with Gasteiger partial charge in [-0.2, -0.15) is 13.2 Å². The predicted molar refractivity (Wildman–Crippen MR) is 73.8 cm³/mol. The summed E-state index contributed by atoms with van der Waals surface area (Å²) >= 11 is 3.08. The Bertz CT molecular complexity index is 626. The standard InChI is InChI=1S/C13H11BrF3N3O/c14-10-2-1-8(13(15,16)17)7-9(10)12(21)20-4-3-11-18-5-6-19-11/h1-2,5-7H,3-4H2,(H,18,19)(H,20,21). The topological polar surface area (TPSA) is 57.8 Å². The highest BCUT2D eigenvalue weighted by Crippen LogP contribution is 2.31. The van der Waals surface area contributed by atoms with E-state index in [0.29, 0.717) is 16.7 Å². The van der Waals surface area contributed by atoms with E-state index in [2.05, 4.69) is 31.2 Å². The first-order valence-electron chi connectivity index (χ1n) is 6.01. The highest BCUT2D eigenvalue weighted by Gasteiger charge is 2.31. The molecule has 2 aromatic rings. The van der Waals surface area contributed by atoms with Gasteiger partial charge in [0, 0.05) is 29.8 Å². The van der Waals surface area contributed by atoms with E-state index in [1.54, 1.807) is 12.4 Å². The lowest BCUT2D eigenvalue weighted by Gasteiger charge is -2.10. The second-order valence-corrected chi connectivity index (χ2v) is 5.09. The van der Waals surface area contributed by atoms with E-state index < -0.39 is 17.6 Å². The molecule has 0 radical (unpaired) electrons. The van der Waals surface area contributed by atoms with Crippen molar-refractivity contribution in [1.29, 1.82) is 0 Å². The summed E-state index contributed by atoms with van der Waals surface area (Å²) in [6.45, 7) is 0.273. The molecule has 2 N–H and O–H groups in total. The van der Waals surface area contributed by atoms with Crippen LogP contribution in [0.15, 0.2) is 35.1 Å². The van der Waals surface area contributed by atoms with Gasteiger partial charge in [0.25, 0.3) is 5.91 Å². The quantitative estimate of drug-likeness (QED) is 0.878. The van der Waals surface area contributed by atoms with Gasteiger partial charge in [-0.15, -0.1) is 0 Å². The number of imidazole rings is 1. The molecule has 4 nitrogen and oxygen atoms in total. The minimum atomic E-state index is -4.48. The third-order valence-corrected chi connectivity index (χ3v) is 3.43. The largest absolute Gasteiger partial charge is 0.416 e. The molecule has 0 bridgehead atoms. The van der Waals surface area contributed by atoms with Gasteiger partial charge < -0.3 is 10.3 Å². The molecule has 0 saturated carbocycles. The van der Waals surface area contributed by atoms with Crippen molar-refractivity contribution in [2.45, 2.75) is 12.6 Å². The number of carbonyl (C=O) groups excluding carboxylic acids is 1. The summed E-state index contributed by atoms with van der Waals surface area (Å²) < 4.78 is 38.2. The number of benzene rings is 1. The first kappa shape index (κ1) is 15.6. The number of halogens is 4. The summed E-state index contributed by atoms with van der Waals surface area (Å²) in [7, 11) is 0. The van der Waals surface area contributed by atoms with Gasteiger partial charge in [-0.05, 0) is 34.1 Å². The van der Waals surface area contributed by atoms with Crippen LogP contribution in [0.1, 0.15) is 21.7 Å². The number of H-pyrrole nitrogens is 1. The van der Waals surface area contributed by atoms with Crippen LogP contribution < -0.4 is 5.32 Å². The minimum Gasteiger partial charge on any atom is -0.352 e. The van der Waals surface area contributed by atoms with Gasteiger partial charge in [-0.3, -0.25) is 4.79 Å². The molecule has 2 rings (SSSR count). The molecule has 1 aromatic carbocycles. The highest BCUT2D eigenvalue weighted by atomic mass is 79.9. The van der Waals surface area contributed by atoms with Gasteiger partial charge in [0.2, 0.25) is 0 Å². The summed E-state index contributed by atoms with van der Waals surface area (Å²) in [5.41, 5.74) is -0.911. The van der Waals surface area contributed by atoms with E-state index in [0.717, 1.165) is 12.1 Å². The third-order valence-electron chi connectivity index (χ3n) is 2.74. The number of aromatic nitrogens is 2. The Labute approximate surface area is 126 Å². The summed E-state index contributed by atoms with van der Waals surface area (Å²) in [6.07, 6.45) is -0.777. The number of hydrogen-bond acceptors (Lipinski definition) is 2. The fraction of sp³-hybridized carbons (Fsp3) is 0.231. The van der Waals surface area contributed by atoms with Crippen molar-refractivity contribution in [2.24, 2.45) is 0 Å². The molecule has 0 spiro atoms. The molecule has 0 aliphatic rings. The molecule has 0 saturated heterocycles. The van der Waals surface area contributed by atoms with Gasteiger partial charge >= 0.3 is 6.18 Å². The Morgan fingerprint density at radius 1 is 1.38 bits per heavy atom. The summed E-state index contributed by atoms with van der Waals surface area (Å²) in [5, 5.41) is 2.56. The molecular weight excluding hydrogens is 351 g/mol. The lowest BCUT2D eigenvalue weighted by atomic mass is 10.1. The van der Waals surface area contributed by atoms with Crippen molar-refractivity contribution in [3.63, 3.8) is 0 Å². The van der Waals surface area contributed by atoms with Gasteiger partial charge in [0.15, 0.2) is 0 Å². The summed E-state index contributed by atoms with van der Waals surface area (Å²) in [6, 6.07) is 2.96. The number of carbonyl (C=O) groups is 1. The number of aromatic amines is 1. The molecule has 1 aromatic heterocycles. The molecular formula is C13H11BrF3N3O. The predicted octanol–water partition coefficient (Wildman–Crippen LogP) is 3.16. The molecule has 0 fully saturated rings. The van der Waals surface area contributed by atoms with Crippen LogP contribution in [0.3, 0.4) is 0 Å². The zero-order valence-corrected chi connectivity index (χ0v) is 12.3. The number of nitrogens with zero attached hydrogens (tertiary/aromatic N) is 1. The molecule has 21 heavy (non-hydrogen) atoms. The van der Waals surface area contributed by atoms with Crippen molar-refractivity contribution < 1.29 is 18.0 Å². The van der Waals surface area contributed by atoms with E-state index >= 15 is 0 Å². The van der Waals surface area contributed by atoms with Crippen molar-refractivity contribution in [1.82, 2.24) is 15.3 Å². The lowest BCUT2D eigenvalue weighted by Crippen LogP contribution is -2.26. The zero-order chi connectivity index (χ0) is 15.5. The Balaban J connectivity index is 2.04. The lowest BCUT2D eigenvalue weighted by molar-refractivity contribution is -0.137. The number of nitrogens with one attached hydrogen (secondary N) is 2. The third kappa shape index (κ3) is 4.07. The number of rotatable bonds is 4. The Morgan fingerprint density at radius 2 is 2.14 bits per heavy atom. The van der Waals surface area contributed by atoms with Gasteiger partial charge in [-0.1, -0.05) is 0 Å². The zero-order valence-electron chi connectivity index (χ0n) is 10.7. The van der Waals surface area contributed by atoms with E-state index in [1.807, 2.05) is 0 Å². The van der Waals surface area contributed by atoms with Gasteiger partial charge in [0.05, 0.1) is 11.1 Å². The molecule has 8 heteroatoms.